The predicted molar refractivity (Wildman–Crippen MR) is 315 cm³/mol. The lowest BCUT2D eigenvalue weighted by Gasteiger charge is -2.40. The average molecular weight is 1060 g/mol. The first-order valence-corrected chi connectivity index (χ1v) is 32.3. The molecule has 1 amide bonds. The van der Waals surface area contributed by atoms with E-state index in [-0.39, 0.29) is 6.61 Å². The van der Waals surface area contributed by atoms with E-state index in [1.807, 2.05) is 6.08 Å². The molecule has 10 heteroatoms. The molecule has 0 aliphatic carbocycles. The summed E-state index contributed by atoms with van der Waals surface area (Å²) in [5.41, 5.74) is 0. The summed E-state index contributed by atoms with van der Waals surface area (Å²) in [5.74, 6) is -0.625. The van der Waals surface area contributed by atoms with E-state index in [2.05, 4.69) is 43.5 Å². The maximum atomic E-state index is 13.1. The number of unbranched alkanes of at least 4 members (excludes halogenated alkanes) is 41. The number of allylic oxidation sites excluding steroid dienone is 5. The van der Waals surface area contributed by atoms with Gasteiger partial charge in [0.05, 0.1) is 25.4 Å². The molecule has 1 saturated heterocycles. The lowest BCUT2D eigenvalue weighted by molar-refractivity contribution is -0.302. The standard InChI is InChI=1S/C65H123NO9/c1-3-5-7-9-11-13-15-17-19-21-22-23-24-25-26-27-28-29-30-31-32-33-34-35-36-37-38-40-42-44-46-48-50-52-54-59(69)64(73)66-57(56-74-65-63(72)62(71)61(70)60(55-67)75-65)58(68)53-51-49-47-45-43-41-39-20-18-16-14-12-10-8-6-4-2/h18,20,43,45,51,53,57-63,65,67-72H,3-17,19,21-42,44,46-50,52,54-56H2,1-2H3,(H,66,73)/b20-18+,45-43+,53-51+. The van der Waals surface area contributed by atoms with Gasteiger partial charge in [0, 0.05) is 0 Å². The number of hydrogen-bond acceptors (Lipinski definition) is 9. The van der Waals surface area contributed by atoms with Crippen LogP contribution in [0.4, 0.5) is 0 Å². The Balaban J connectivity index is 2.14. The molecule has 0 bridgehead atoms. The zero-order valence-corrected chi connectivity index (χ0v) is 48.9. The maximum absolute atomic E-state index is 13.1. The Morgan fingerprint density at radius 2 is 0.787 bits per heavy atom. The number of nitrogens with one attached hydrogen (secondary N) is 1. The number of rotatable bonds is 56. The summed E-state index contributed by atoms with van der Waals surface area (Å²) >= 11 is 0. The van der Waals surface area contributed by atoms with Crippen molar-refractivity contribution in [3.63, 3.8) is 0 Å². The SMILES string of the molecule is CCCCCCCC/C=C/CC/C=C/CC/C=C/C(O)C(COC1OC(CO)C(O)C(O)C1O)NC(=O)C(O)CCCCCCCCCCCCCCCCCCCCCCCCCCCCCCCCCCCC. The Kier molecular flexibility index (Phi) is 51.7. The van der Waals surface area contributed by atoms with Crippen molar-refractivity contribution in [2.45, 2.75) is 358 Å². The van der Waals surface area contributed by atoms with Gasteiger partial charge in [-0.1, -0.05) is 301 Å². The van der Waals surface area contributed by atoms with Crippen molar-refractivity contribution >= 4 is 5.91 Å². The van der Waals surface area contributed by atoms with Gasteiger partial charge in [-0.3, -0.25) is 4.79 Å². The van der Waals surface area contributed by atoms with Crippen LogP contribution in [0.15, 0.2) is 36.5 Å². The molecule has 1 rings (SSSR count). The Hall–Kier alpha value is -1.63. The zero-order valence-electron chi connectivity index (χ0n) is 48.9. The average Bonchev–Trinajstić information content (AvgIpc) is 3.41. The van der Waals surface area contributed by atoms with Gasteiger partial charge in [-0.2, -0.15) is 0 Å². The summed E-state index contributed by atoms with van der Waals surface area (Å²) in [6, 6.07) is -1.00. The minimum absolute atomic E-state index is 0.304. The van der Waals surface area contributed by atoms with Crippen LogP contribution in [0.5, 0.6) is 0 Å². The van der Waals surface area contributed by atoms with E-state index in [1.54, 1.807) is 6.08 Å². The van der Waals surface area contributed by atoms with Gasteiger partial charge < -0.3 is 45.4 Å². The first kappa shape index (κ1) is 71.4. The van der Waals surface area contributed by atoms with Crippen LogP contribution in [0.3, 0.4) is 0 Å². The molecular weight excluding hydrogens is 939 g/mol. The monoisotopic (exact) mass is 1060 g/mol. The fourth-order valence-electron chi connectivity index (χ4n) is 10.4. The molecule has 8 unspecified atom stereocenters. The van der Waals surface area contributed by atoms with Crippen LogP contribution in [-0.4, -0.2) is 98.7 Å². The van der Waals surface area contributed by atoms with Crippen LogP contribution in [-0.2, 0) is 14.3 Å². The van der Waals surface area contributed by atoms with Crippen molar-refractivity contribution in [1.29, 1.82) is 0 Å². The number of carbonyl (C=O) groups excluding carboxylic acids is 1. The van der Waals surface area contributed by atoms with E-state index in [4.69, 9.17) is 9.47 Å². The molecule has 0 saturated carbocycles. The Morgan fingerprint density at radius 1 is 0.453 bits per heavy atom. The minimum Gasteiger partial charge on any atom is -0.394 e. The molecule has 75 heavy (non-hydrogen) atoms. The predicted octanol–water partition coefficient (Wildman–Crippen LogP) is 15.7. The van der Waals surface area contributed by atoms with Gasteiger partial charge in [0.15, 0.2) is 6.29 Å². The van der Waals surface area contributed by atoms with Gasteiger partial charge in [-0.25, -0.2) is 0 Å². The van der Waals surface area contributed by atoms with Gasteiger partial charge in [-0.05, 0) is 44.9 Å². The molecule has 1 heterocycles. The Labute approximate surface area is 462 Å². The highest BCUT2D eigenvalue weighted by molar-refractivity contribution is 5.80. The number of hydrogen-bond donors (Lipinski definition) is 7. The molecule has 1 fully saturated rings. The van der Waals surface area contributed by atoms with Gasteiger partial charge in [-0.15, -0.1) is 0 Å². The molecular formula is C65H123NO9. The highest BCUT2D eigenvalue weighted by atomic mass is 16.7. The van der Waals surface area contributed by atoms with Crippen molar-refractivity contribution in [3.8, 4) is 0 Å². The fourth-order valence-corrected chi connectivity index (χ4v) is 10.4. The molecule has 0 aromatic heterocycles. The summed E-state index contributed by atoms with van der Waals surface area (Å²) in [7, 11) is 0. The molecule has 0 aromatic rings. The summed E-state index contributed by atoms with van der Waals surface area (Å²) in [6.45, 7) is 3.62. The van der Waals surface area contributed by atoms with Crippen molar-refractivity contribution in [2.24, 2.45) is 0 Å². The minimum atomic E-state index is -1.62. The third kappa shape index (κ3) is 42.9. The Bertz CT molecular complexity index is 1290. The molecule has 10 nitrogen and oxygen atoms in total. The highest BCUT2D eigenvalue weighted by Crippen LogP contribution is 2.23. The maximum Gasteiger partial charge on any atom is 0.249 e. The second kappa shape index (κ2) is 54.3. The van der Waals surface area contributed by atoms with Crippen molar-refractivity contribution in [2.75, 3.05) is 13.2 Å². The second-order valence-electron chi connectivity index (χ2n) is 22.7. The first-order chi connectivity index (χ1) is 36.8. The van der Waals surface area contributed by atoms with E-state index >= 15 is 0 Å². The van der Waals surface area contributed by atoms with Crippen LogP contribution in [0.2, 0.25) is 0 Å². The number of carbonyl (C=O) groups is 1. The normalized spacial score (nSPS) is 19.5. The zero-order chi connectivity index (χ0) is 54.5. The molecule has 8 atom stereocenters. The Morgan fingerprint density at radius 3 is 1.16 bits per heavy atom. The van der Waals surface area contributed by atoms with Gasteiger partial charge in [0.25, 0.3) is 0 Å². The van der Waals surface area contributed by atoms with Crippen molar-refractivity contribution in [3.05, 3.63) is 36.5 Å². The highest BCUT2D eigenvalue weighted by Gasteiger charge is 2.44. The number of aliphatic hydroxyl groups excluding tert-OH is 6. The topological polar surface area (TPSA) is 169 Å². The molecule has 7 N–H and O–H groups in total. The van der Waals surface area contributed by atoms with E-state index < -0.39 is 61.5 Å². The third-order valence-corrected chi connectivity index (χ3v) is 15.6. The lowest BCUT2D eigenvalue weighted by atomic mass is 9.99. The molecule has 442 valence electrons. The fraction of sp³-hybridized carbons (Fsp3) is 0.892. The molecule has 1 aliphatic heterocycles. The lowest BCUT2D eigenvalue weighted by Crippen LogP contribution is -2.60. The van der Waals surface area contributed by atoms with Crippen LogP contribution >= 0.6 is 0 Å². The van der Waals surface area contributed by atoms with E-state index in [9.17, 15) is 35.4 Å². The van der Waals surface area contributed by atoms with E-state index in [1.165, 1.54) is 231 Å². The largest absolute Gasteiger partial charge is 0.394 e. The van der Waals surface area contributed by atoms with Crippen LogP contribution in [0.25, 0.3) is 0 Å². The van der Waals surface area contributed by atoms with Crippen LogP contribution in [0, 0.1) is 0 Å². The quantitative estimate of drug-likeness (QED) is 0.0232. The van der Waals surface area contributed by atoms with Crippen molar-refractivity contribution in [1.82, 2.24) is 5.32 Å². The van der Waals surface area contributed by atoms with E-state index in [0.29, 0.717) is 19.3 Å². The molecule has 0 radical (unpaired) electrons. The number of amides is 1. The first-order valence-electron chi connectivity index (χ1n) is 32.3. The smallest absolute Gasteiger partial charge is 0.249 e. The second-order valence-corrected chi connectivity index (χ2v) is 22.7. The van der Waals surface area contributed by atoms with Crippen LogP contribution < -0.4 is 5.32 Å². The summed E-state index contributed by atoms with van der Waals surface area (Å²) in [4.78, 5) is 13.1. The third-order valence-electron chi connectivity index (χ3n) is 15.6. The van der Waals surface area contributed by atoms with Crippen LogP contribution in [0.1, 0.15) is 309 Å². The van der Waals surface area contributed by atoms with Gasteiger partial charge >= 0.3 is 0 Å². The molecule has 0 spiro atoms. The summed E-state index contributed by atoms with van der Waals surface area (Å²) < 4.78 is 11.2. The summed E-state index contributed by atoms with van der Waals surface area (Å²) in [6.07, 6.45) is 61.5. The number of ether oxygens (including phenoxy) is 2. The molecule has 0 aromatic carbocycles. The van der Waals surface area contributed by atoms with Crippen molar-refractivity contribution < 1.29 is 44.9 Å². The molecule has 1 aliphatic rings. The van der Waals surface area contributed by atoms with Gasteiger partial charge in [0.2, 0.25) is 5.91 Å². The van der Waals surface area contributed by atoms with Gasteiger partial charge in [0.1, 0.15) is 30.5 Å². The van der Waals surface area contributed by atoms with E-state index in [0.717, 1.165) is 44.9 Å². The number of aliphatic hydroxyl groups is 6. The summed E-state index contributed by atoms with van der Waals surface area (Å²) in [5, 5.41) is 65.1.